The molecule has 19 heavy (non-hydrogen) atoms. The van der Waals surface area contributed by atoms with Crippen LogP contribution >= 0.6 is 23.2 Å². The molecule has 2 atom stereocenters. The Bertz CT molecular complexity index is 465. The number of aromatic nitrogens is 2. The Kier molecular flexibility index (Phi) is 4.11. The van der Waals surface area contributed by atoms with Crippen LogP contribution in [0, 0.1) is 11.3 Å². The maximum Gasteiger partial charge on any atom is 0.287 e. The van der Waals surface area contributed by atoms with Gasteiger partial charge in [0.05, 0.1) is 0 Å². The molecule has 1 aliphatic carbocycles. The second-order valence-corrected chi connectivity index (χ2v) is 7.01. The zero-order valence-electron chi connectivity index (χ0n) is 11.4. The number of imidazole rings is 1. The van der Waals surface area contributed by atoms with Gasteiger partial charge in [-0.3, -0.25) is 4.79 Å². The second-order valence-electron chi connectivity index (χ2n) is 6.27. The van der Waals surface area contributed by atoms with Crippen LogP contribution in [0.3, 0.4) is 0 Å². The van der Waals surface area contributed by atoms with Crippen molar-refractivity contribution in [3.63, 3.8) is 0 Å². The number of nitrogens with zero attached hydrogens (tertiary/aromatic N) is 1. The Balaban J connectivity index is 2.02. The van der Waals surface area contributed by atoms with Crippen molar-refractivity contribution in [2.24, 2.45) is 11.3 Å². The summed E-state index contributed by atoms with van der Waals surface area (Å²) in [4.78, 5) is 18.6. The van der Waals surface area contributed by atoms with Crippen LogP contribution < -0.4 is 5.32 Å². The van der Waals surface area contributed by atoms with Gasteiger partial charge >= 0.3 is 0 Å². The van der Waals surface area contributed by atoms with Gasteiger partial charge in [-0.15, -0.1) is 0 Å². The molecule has 1 aromatic rings. The summed E-state index contributed by atoms with van der Waals surface area (Å²) >= 11 is 11.5. The first-order chi connectivity index (χ1) is 8.77. The molecule has 106 valence electrons. The summed E-state index contributed by atoms with van der Waals surface area (Å²) in [6.45, 7) is 6.70. The Morgan fingerprint density at radius 2 is 2.11 bits per heavy atom. The molecule has 1 heterocycles. The van der Waals surface area contributed by atoms with Crippen molar-refractivity contribution in [1.82, 2.24) is 15.3 Å². The standard InChI is InChI=1S/C13H19Cl2N3O/c1-7-4-8(6-13(2,3)5-7)16-12(19)11-17-9(14)10(15)18-11/h7-8H,4-6H2,1-3H3,(H,16,19)(H,17,18). The van der Waals surface area contributed by atoms with Crippen LogP contribution in [0.15, 0.2) is 0 Å². The maximum absolute atomic E-state index is 12.1. The lowest BCUT2D eigenvalue weighted by molar-refractivity contribution is 0.0865. The molecule has 6 heteroatoms. The molecular formula is C13H19Cl2N3O. The van der Waals surface area contributed by atoms with Crippen LogP contribution in [0.5, 0.6) is 0 Å². The molecule has 4 nitrogen and oxygen atoms in total. The molecule has 0 aliphatic heterocycles. The number of carbonyl (C=O) groups is 1. The summed E-state index contributed by atoms with van der Waals surface area (Å²) < 4.78 is 0. The normalized spacial score (nSPS) is 26.2. The van der Waals surface area contributed by atoms with E-state index in [1.807, 2.05) is 0 Å². The molecule has 1 amide bonds. The Labute approximate surface area is 123 Å². The molecule has 1 aromatic heterocycles. The molecule has 0 aromatic carbocycles. The quantitative estimate of drug-likeness (QED) is 0.876. The third-order valence-corrected chi connectivity index (χ3v) is 4.20. The van der Waals surface area contributed by atoms with Crippen LogP contribution in [0.2, 0.25) is 10.3 Å². The fraction of sp³-hybridized carbons (Fsp3) is 0.692. The SMILES string of the molecule is CC1CC(NC(=O)c2nc(Cl)c(Cl)[nH]2)CC(C)(C)C1. The highest BCUT2D eigenvalue weighted by Gasteiger charge is 2.33. The smallest absolute Gasteiger partial charge is 0.287 e. The fourth-order valence-corrected chi connectivity index (χ4v) is 3.41. The molecule has 1 fully saturated rings. The van der Waals surface area contributed by atoms with Crippen LogP contribution in [0.4, 0.5) is 0 Å². The topological polar surface area (TPSA) is 57.8 Å². The predicted molar refractivity (Wildman–Crippen MR) is 76.7 cm³/mol. The van der Waals surface area contributed by atoms with Gasteiger partial charge in [0.1, 0.15) is 5.15 Å². The number of aromatic amines is 1. The average molecular weight is 304 g/mol. The molecule has 2 rings (SSSR count). The molecule has 0 spiro atoms. The van der Waals surface area contributed by atoms with Crippen molar-refractivity contribution in [1.29, 1.82) is 0 Å². The minimum absolute atomic E-state index is 0.129. The molecule has 0 saturated heterocycles. The molecule has 1 saturated carbocycles. The third kappa shape index (κ3) is 3.63. The van der Waals surface area contributed by atoms with E-state index in [0.717, 1.165) is 12.8 Å². The van der Waals surface area contributed by atoms with Crippen molar-refractivity contribution in [3.05, 3.63) is 16.1 Å². The van der Waals surface area contributed by atoms with Crippen molar-refractivity contribution in [2.45, 2.75) is 46.1 Å². The van der Waals surface area contributed by atoms with E-state index in [1.165, 1.54) is 6.42 Å². The summed E-state index contributed by atoms with van der Waals surface area (Å²) in [5.74, 6) is 0.535. The minimum atomic E-state index is -0.247. The van der Waals surface area contributed by atoms with Crippen molar-refractivity contribution < 1.29 is 4.79 Å². The van der Waals surface area contributed by atoms with Gasteiger partial charge < -0.3 is 10.3 Å². The third-order valence-electron chi connectivity index (χ3n) is 3.56. The summed E-state index contributed by atoms with van der Waals surface area (Å²) in [6, 6.07) is 0.175. The first-order valence-corrected chi connectivity index (χ1v) is 7.24. The molecular weight excluding hydrogens is 285 g/mol. The largest absolute Gasteiger partial charge is 0.347 e. The highest BCUT2D eigenvalue weighted by molar-refractivity contribution is 6.40. The highest BCUT2D eigenvalue weighted by Crippen LogP contribution is 2.38. The number of rotatable bonds is 2. The second kappa shape index (κ2) is 5.33. The zero-order chi connectivity index (χ0) is 14.2. The van der Waals surface area contributed by atoms with Gasteiger partial charge in [-0.1, -0.05) is 44.0 Å². The number of hydrogen-bond acceptors (Lipinski definition) is 2. The van der Waals surface area contributed by atoms with Gasteiger partial charge in [-0.2, -0.15) is 0 Å². The predicted octanol–water partition coefficient (Wildman–Crippen LogP) is 3.66. The molecule has 2 N–H and O–H groups in total. The Morgan fingerprint density at radius 3 is 2.63 bits per heavy atom. The first-order valence-electron chi connectivity index (χ1n) is 6.49. The molecule has 1 aliphatic rings. The Hall–Kier alpha value is -0.740. The lowest BCUT2D eigenvalue weighted by Crippen LogP contribution is -2.43. The summed E-state index contributed by atoms with van der Waals surface area (Å²) in [5.41, 5.74) is 0.258. The summed E-state index contributed by atoms with van der Waals surface area (Å²) in [5, 5.41) is 3.34. The van der Waals surface area contributed by atoms with Gasteiger partial charge in [0.2, 0.25) is 0 Å². The van der Waals surface area contributed by atoms with E-state index >= 15 is 0 Å². The lowest BCUT2D eigenvalue weighted by Gasteiger charge is -2.39. The minimum Gasteiger partial charge on any atom is -0.347 e. The number of nitrogens with one attached hydrogen (secondary N) is 2. The fourth-order valence-electron chi connectivity index (χ4n) is 3.15. The molecule has 0 bridgehead atoms. The molecule has 2 unspecified atom stereocenters. The highest BCUT2D eigenvalue weighted by atomic mass is 35.5. The van der Waals surface area contributed by atoms with E-state index in [9.17, 15) is 4.79 Å². The zero-order valence-corrected chi connectivity index (χ0v) is 12.9. The lowest BCUT2D eigenvalue weighted by atomic mass is 9.70. The number of H-pyrrole nitrogens is 1. The van der Waals surface area contributed by atoms with Gasteiger partial charge in [-0.05, 0) is 30.6 Å². The number of carbonyl (C=O) groups excluding carboxylic acids is 1. The number of halogens is 2. The Morgan fingerprint density at radius 1 is 1.42 bits per heavy atom. The van der Waals surface area contributed by atoms with Gasteiger partial charge in [-0.25, -0.2) is 4.98 Å². The van der Waals surface area contributed by atoms with Gasteiger partial charge in [0.15, 0.2) is 11.0 Å². The average Bonchev–Trinajstić information content (AvgIpc) is 2.56. The van der Waals surface area contributed by atoms with E-state index in [2.05, 4.69) is 36.1 Å². The van der Waals surface area contributed by atoms with Crippen LogP contribution in [0.25, 0.3) is 0 Å². The van der Waals surface area contributed by atoms with E-state index < -0.39 is 0 Å². The number of hydrogen-bond donors (Lipinski definition) is 2. The van der Waals surface area contributed by atoms with Gasteiger partial charge in [0.25, 0.3) is 5.91 Å². The van der Waals surface area contributed by atoms with Crippen molar-refractivity contribution in [2.75, 3.05) is 0 Å². The van der Waals surface area contributed by atoms with Crippen LogP contribution in [-0.2, 0) is 0 Å². The van der Waals surface area contributed by atoms with E-state index in [-0.39, 0.29) is 33.5 Å². The summed E-state index contributed by atoms with van der Waals surface area (Å²) in [6.07, 6.45) is 3.17. The molecule has 0 radical (unpaired) electrons. The van der Waals surface area contributed by atoms with Gasteiger partial charge in [0, 0.05) is 6.04 Å². The monoisotopic (exact) mass is 303 g/mol. The van der Waals surface area contributed by atoms with Crippen LogP contribution in [0.1, 0.15) is 50.7 Å². The van der Waals surface area contributed by atoms with Crippen LogP contribution in [-0.4, -0.2) is 21.9 Å². The first kappa shape index (κ1) is 14.7. The summed E-state index contributed by atoms with van der Waals surface area (Å²) in [7, 11) is 0. The maximum atomic E-state index is 12.1. The van der Waals surface area contributed by atoms with Crippen molar-refractivity contribution in [3.8, 4) is 0 Å². The van der Waals surface area contributed by atoms with Crippen molar-refractivity contribution >= 4 is 29.1 Å². The number of amides is 1. The van der Waals surface area contributed by atoms with E-state index in [4.69, 9.17) is 23.2 Å². The van der Waals surface area contributed by atoms with E-state index in [0.29, 0.717) is 5.92 Å². The van der Waals surface area contributed by atoms with E-state index in [1.54, 1.807) is 0 Å².